The van der Waals surface area contributed by atoms with E-state index in [4.69, 9.17) is 0 Å². The summed E-state index contributed by atoms with van der Waals surface area (Å²) in [6.07, 6.45) is 4.37. The van der Waals surface area contributed by atoms with Crippen molar-refractivity contribution in [2.75, 3.05) is 18.9 Å². The highest BCUT2D eigenvalue weighted by atomic mass is 16.1. The van der Waals surface area contributed by atoms with E-state index in [1.807, 2.05) is 25.1 Å². The smallest absolute Gasteiger partial charge is 0.251 e. The Morgan fingerprint density at radius 3 is 2.70 bits per heavy atom. The van der Waals surface area contributed by atoms with Crippen LogP contribution in [0.1, 0.15) is 21.5 Å². The minimum absolute atomic E-state index is 0.0679. The molecule has 20 heavy (non-hydrogen) atoms. The summed E-state index contributed by atoms with van der Waals surface area (Å²) in [4.78, 5) is 19.9. The van der Waals surface area contributed by atoms with Crippen molar-refractivity contribution >= 4 is 11.9 Å². The number of nitrogens with one attached hydrogen (secondary N) is 2. The normalized spacial score (nSPS) is 10.1. The Bertz CT molecular complexity index is 581. The van der Waals surface area contributed by atoms with Crippen LogP contribution in [0.4, 0.5) is 5.95 Å². The van der Waals surface area contributed by atoms with E-state index in [-0.39, 0.29) is 5.91 Å². The molecule has 0 saturated carbocycles. The number of hydrogen-bond donors (Lipinski definition) is 2. The maximum absolute atomic E-state index is 11.5. The lowest BCUT2D eigenvalue weighted by Gasteiger charge is -2.06. The SMILES string of the molecule is CNC(=O)c1cccc(CCNc2ncc(C)cn2)c1. The van der Waals surface area contributed by atoms with Gasteiger partial charge < -0.3 is 10.6 Å². The van der Waals surface area contributed by atoms with Crippen LogP contribution in [0.2, 0.25) is 0 Å². The molecule has 1 aromatic carbocycles. The number of amides is 1. The Hall–Kier alpha value is -2.43. The van der Waals surface area contributed by atoms with Crippen LogP contribution in [0.15, 0.2) is 36.7 Å². The van der Waals surface area contributed by atoms with E-state index in [1.165, 1.54) is 0 Å². The molecule has 0 radical (unpaired) electrons. The Morgan fingerprint density at radius 1 is 1.25 bits per heavy atom. The van der Waals surface area contributed by atoms with Crippen LogP contribution >= 0.6 is 0 Å². The highest BCUT2D eigenvalue weighted by Gasteiger charge is 2.03. The number of benzene rings is 1. The monoisotopic (exact) mass is 270 g/mol. The second kappa shape index (κ2) is 6.65. The first kappa shape index (κ1) is 14.0. The first-order chi connectivity index (χ1) is 9.69. The van der Waals surface area contributed by atoms with E-state index in [0.717, 1.165) is 24.1 Å². The summed E-state index contributed by atoms with van der Waals surface area (Å²) in [5, 5.41) is 5.78. The van der Waals surface area contributed by atoms with Gasteiger partial charge in [-0.05, 0) is 36.6 Å². The zero-order chi connectivity index (χ0) is 14.4. The molecule has 104 valence electrons. The molecule has 1 amide bonds. The Kier molecular flexibility index (Phi) is 4.65. The highest BCUT2D eigenvalue weighted by Crippen LogP contribution is 2.06. The summed E-state index contributed by atoms with van der Waals surface area (Å²) in [7, 11) is 1.63. The number of nitrogens with zero attached hydrogens (tertiary/aromatic N) is 2. The molecule has 0 fully saturated rings. The maximum Gasteiger partial charge on any atom is 0.251 e. The average molecular weight is 270 g/mol. The molecule has 5 nitrogen and oxygen atoms in total. The third-order valence-corrected chi connectivity index (χ3v) is 2.89. The van der Waals surface area contributed by atoms with Gasteiger partial charge in [0.15, 0.2) is 0 Å². The lowest BCUT2D eigenvalue weighted by molar-refractivity contribution is 0.0963. The molecule has 2 N–H and O–H groups in total. The molecule has 5 heteroatoms. The first-order valence-corrected chi connectivity index (χ1v) is 6.52. The quantitative estimate of drug-likeness (QED) is 0.869. The topological polar surface area (TPSA) is 66.9 Å². The zero-order valence-electron chi connectivity index (χ0n) is 11.7. The van der Waals surface area contributed by atoms with Gasteiger partial charge in [0.25, 0.3) is 5.91 Å². The van der Waals surface area contributed by atoms with Crippen molar-refractivity contribution in [3.05, 3.63) is 53.3 Å². The van der Waals surface area contributed by atoms with Crippen LogP contribution in [-0.4, -0.2) is 29.5 Å². The molecule has 0 unspecified atom stereocenters. The summed E-state index contributed by atoms with van der Waals surface area (Å²) in [5.74, 6) is 0.555. The Morgan fingerprint density at radius 2 is 2.00 bits per heavy atom. The van der Waals surface area contributed by atoms with Crippen molar-refractivity contribution in [2.45, 2.75) is 13.3 Å². The van der Waals surface area contributed by atoms with Crippen molar-refractivity contribution in [1.29, 1.82) is 0 Å². The van der Waals surface area contributed by atoms with Crippen molar-refractivity contribution in [3.8, 4) is 0 Å². The van der Waals surface area contributed by atoms with E-state index in [0.29, 0.717) is 11.5 Å². The van der Waals surface area contributed by atoms with Crippen LogP contribution in [0.5, 0.6) is 0 Å². The molecule has 0 aliphatic heterocycles. The van der Waals surface area contributed by atoms with Gasteiger partial charge in [0.2, 0.25) is 5.95 Å². The number of aromatic nitrogens is 2. The average Bonchev–Trinajstić information content (AvgIpc) is 2.49. The van der Waals surface area contributed by atoms with Gasteiger partial charge in [0, 0.05) is 31.5 Å². The third-order valence-electron chi connectivity index (χ3n) is 2.89. The van der Waals surface area contributed by atoms with Gasteiger partial charge in [-0.2, -0.15) is 0 Å². The summed E-state index contributed by atoms with van der Waals surface area (Å²) < 4.78 is 0. The van der Waals surface area contributed by atoms with Crippen LogP contribution in [0.25, 0.3) is 0 Å². The van der Waals surface area contributed by atoms with Gasteiger partial charge in [-0.25, -0.2) is 9.97 Å². The first-order valence-electron chi connectivity index (χ1n) is 6.52. The molecule has 0 bridgehead atoms. The fourth-order valence-corrected chi connectivity index (χ4v) is 1.81. The van der Waals surface area contributed by atoms with Crippen LogP contribution in [0.3, 0.4) is 0 Å². The number of carbonyl (C=O) groups excluding carboxylic acids is 1. The summed E-state index contributed by atoms with van der Waals surface area (Å²) in [5.41, 5.74) is 2.82. The third kappa shape index (κ3) is 3.78. The van der Waals surface area contributed by atoms with Crippen molar-refractivity contribution in [2.24, 2.45) is 0 Å². The van der Waals surface area contributed by atoms with E-state index in [2.05, 4.69) is 20.6 Å². The molecule has 0 aliphatic rings. The van der Waals surface area contributed by atoms with Gasteiger partial charge in [0.05, 0.1) is 0 Å². The lowest BCUT2D eigenvalue weighted by Crippen LogP contribution is -2.18. The Balaban J connectivity index is 1.91. The summed E-state index contributed by atoms with van der Waals surface area (Å²) in [6.45, 7) is 2.67. The predicted molar refractivity (Wildman–Crippen MR) is 78.8 cm³/mol. The van der Waals surface area contributed by atoms with Crippen molar-refractivity contribution in [3.63, 3.8) is 0 Å². The van der Waals surface area contributed by atoms with Gasteiger partial charge in [0.1, 0.15) is 0 Å². The number of anilines is 1. The largest absolute Gasteiger partial charge is 0.355 e. The van der Waals surface area contributed by atoms with E-state index >= 15 is 0 Å². The van der Waals surface area contributed by atoms with E-state index in [9.17, 15) is 4.79 Å². The molecule has 0 atom stereocenters. The zero-order valence-corrected chi connectivity index (χ0v) is 11.7. The van der Waals surface area contributed by atoms with Crippen LogP contribution in [-0.2, 0) is 6.42 Å². The fraction of sp³-hybridized carbons (Fsp3) is 0.267. The van der Waals surface area contributed by atoms with Gasteiger partial charge >= 0.3 is 0 Å². The molecular weight excluding hydrogens is 252 g/mol. The highest BCUT2D eigenvalue weighted by molar-refractivity contribution is 5.94. The minimum atomic E-state index is -0.0679. The van der Waals surface area contributed by atoms with Crippen LogP contribution in [0, 0.1) is 6.92 Å². The molecule has 1 aromatic heterocycles. The predicted octanol–water partition coefficient (Wildman–Crippen LogP) is 1.80. The molecule has 2 rings (SSSR count). The van der Waals surface area contributed by atoms with Crippen molar-refractivity contribution < 1.29 is 4.79 Å². The second-order valence-corrected chi connectivity index (χ2v) is 4.54. The van der Waals surface area contributed by atoms with Gasteiger partial charge in [-0.3, -0.25) is 4.79 Å². The minimum Gasteiger partial charge on any atom is -0.355 e. The van der Waals surface area contributed by atoms with Gasteiger partial charge in [-0.1, -0.05) is 12.1 Å². The fourth-order valence-electron chi connectivity index (χ4n) is 1.81. The van der Waals surface area contributed by atoms with Crippen molar-refractivity contribution in [1.82, 2.24) is 15.3 Å². The van der Waals surface area contributed by atoms with E-state index in [1.54, 1.807) is 25.5 Å². The molecule has 0 spiro atoms. The molecule has 0 aliphatic carbocycles. The maximum atomic E-state index is 11.5. The molecule has 0 saturated heterocycles. The molecular formula is C15H18N4O. The number of aryl methyl sites for hydroxylation is 1. The Labute approximate surface area is 118 Å². The summed E-state index contributed by atoms with van der Waals surface area (Å²) in [6, 6.07) is 7.60. The number of rotatable bonds is 5. The van der Waals surface area contributed by atoms with Crippen LogP contribution < -0.4 is 10.6 Å². The van der Waals surface area contributed by atoms with E-state index < -0.39 is 0 Å². The molecule has 2 aromatic rings. The lowest BCUT2D eigenvalue weighted by atomic mass is 10.1. The number of hydrogen-bond acceptors (Lipinski definition) is 4. The standard InChI is InChI=1S/C15H18N4O/c1-11-9-18-15(19-10-11)17-7-6-12-4-3-5-13(8-12)14(20)16-2/h3-5,8-10H,6-7H2,1-2H3,(H,16,20)(H,17,18,19). The molecule has 1 heterocycles. The second-order valence-electron chi connectivity index (χ2n) is 4.54. The summed E-state index contributed by atoms with van der Waals surface area (Å²) >= 11 is 0. The van der Waals surface area contributed by atoms with Gasteiger partial charge in [-0.15, -0.1) is 0 Å². The number of carbonyl (C=O) groups is 1.